The first-order valence-electron chi connectivity index (χ1n) is 3.88. The Bertz CT molecular complexity index is 447. The van der Waals surface area contributed by atoms with Gasteiger partial charge in [0.25, 0.3) is 5.24 Å². The van der Waals surface area contributed by atoms with E-state index in [1.165, 1.54) is 0 Å². The van der Waals surface area contributed by atoms with E-state index in [1.54, 1.807) is 0 Å². The van der Waals surface area contributed by atoms with E-state index in [1.807, 2.05) is 0 Å². The van der Waals surface area contributed by atoms with Gasteiger partial charge in [0.05, 0.1) is 0 Å². The zero-order valence-electron chi connectivity index (χ0n) is 7.51. The number of carbonyl (C=O) groups is 2. The van der Waals surface area contributed by atoms with Crippen molar-refractivity contribution < 1.29 is 27.9 Å². The van der Waals surface area contributed by atoms with Gasteiger partial charge in [0.15, 0.2) is 11.6 Å². The molecule has 16 heavy (non-hydrogen) atoms. The van der Waals surface area contributed by atoms with E-state index in [0.717, 1.165) is 0 Å². The number of carboxylic acids is 1. The van der Waals surface area contributed by atoms with Crippen molar-refractivity contribution in [3.05, 3.63) is 35.4 Å². The van der Waals surface area contributed by atoms with Crippen LogP contribution < -0.4 is 0 Å². The Morgan fingerprint density at radius 3 is 2.19 bits per heavy atom. The minimum atomic E-state index is -3.59. The van der Waals surface area contributed by atoms with Crippen LogP contribution in [0.15, 0.2) is 18.2 Å². The molecule has 0 aliphatic carbocycles. The first-order valence-corrected chi connectivity index (χ1v) is 4.25. The van der Waals surface area contributed by atoms with Crippen molar-refractivity contribution in [1.29, 1.82) is 0 Å². The fourth-order valence-electron chi connectivity index (χ4n) is 1.03. The Labute approximate surface area is 92.4 Å². The first kappa shape index (κ1) is 12.5. The molecule has 1 atom stereocenters. The van der Waals surface area contributed by atoms with Gasteiger partial charge in [-0.3, -0.25) is 4.79 Å². The summed E-state index contributed by atoms with van der Waals surface area (Å²) < 4.78 is 39.0. The lowest BCUT2D eigenvalue weighted by atomic mass is 9.97. The minimum Gasteiger partial charge on any atom is -0.478 e. The summed E-state index contributed by atoms with van der Waals surface area (Å²) in [5.74, 6) is -4.96. The number of rotatable bonds is 3. The van der Waals surface area contributed by atoms with Gasteiger partial charge < -0.3 is 5.11 Å². The van der Waals surface area contributed by atoms with Crippen molar-refractivity contribution in [2.24, 2.45) is 0 Å². The van der Waals surface area contributed by atoms with Crippen LogP contribution in [-0.2, 0) is 15.3 Å². The zero-order valence-corrected chi connectivity index (χ0v) is 8.26. The molecule has 1 aromatic rings. The van der Waals surface area contributed by atoms with Crippen LogP contribution in [0.2, 0.25) is 0 Å². The molecule has 0 fully saturated rings. The molecular weight excluding hydrogens is 249 g/mol. The van der Waals surface area contributed by atoms with Crippen molar-refractivity contribution in [3.8, 4) is 0 Å². The second-order valence-corrected chi connectivity index (χ2v) is 3.21. The molecule has 0 saturated carbocycles. The van der Waals surface area contributed by atoms with Crippen molar-refractivity contribution in [1.82, 2.24) is 0 Å². The van der Waals surface area contributed by atoms with Crippen LogP contribution in [0.25, 0.3) is 0 Å². The second-order valence-electron chi connectivity index (χ2n) is 2.87. The second kappa shape index (κ2) is 4.13. The predicted octanol–water partition coefficient (Wildman–Crippen LogP) is 1.98. The van der Waals surface area contributed by atoms with Gasteiger partial charge in [-0.1, -0.05) is 6.07 Å². The Morgan fingerprint density at radius 1 is 1.25 bits per heavy atom. The van der Waals surface area contributed by atoms with Gasteiger partial charge in [0.2, 0.25) is 0 Å². The highest BCUT2D eigenvalue weighted by atomic mass is 35.5. The third-order valence-electron chi connectivity index (χ3n) is 1.88. The highest BCUT2D eigenvalue weighted by Gasteiger charge is 2.48. The topological polar surface area (TPSA) is 54.4 Å². The molecule has 0 radical (unpaired) electrons. The molecule has 0 aliphatic rings. The van der Waals surface area contributed by atoms with Crippen LogP contribution in [0.5, 0.6) is 0 Å². The number of halogens is 4. The lowest BCUT2D eigenvalue weighted by molar-refractivity contribution is -0.155. The van der Waals surface area contributed by atoms with E-state index in [4.69, 9.17) is 16.7 Å². The monoisotopic (exact) mass is 252 g/mol. The Hall–Kier alpha value is -1.56. The Morgan fingerprint density at radius 2 is 1.81 bits per heavy atom. The summed E-state index contributed by atoms with van der Waals surface area (Å²) in [5, 5.41) is 6.68. The summed E-state index contributed by atoms with van der Waals surface area (Å²) in [7, 11) is 0. The smallest absolute Gasteiger partial charge is 0.355 e. The molecular formula is C9H4ClF3O3. The highest BCUT2D eigenvalue weighted by molar-refractivity contribution is 6.67. The van der Waals surface area contributed by atoms with Crippen LogP contribution in [0, 0.1) is 11.6 Å². The van der Waals surface area contributed by atoms with Gasteiger partial charge in [-0.25, -0.2) is 18.0 Å². The van der Waals surface area contributed by atoms with Gasteiger partial charge in [0, 0.05) is 5.56 Å². The number of hydrogen-bond acceptors (Lipinski definition) is 2. The molecule has 1 N–H and O–H groups in total. The summed E-state index contributed by atoms with van der Waals surface area (Å²) in [4.78, 5) is 21.3. The largest absolute Gasteiger partial charge is 0.478 e. The lowest BCUT2D eigenvalue weighted by Crippen LogP contribution is -2.37. The van der Waals surface area contributed by atoms with E-state index in [9.17, 15) is 22.8 Å². The third-order valence-corrected chi connectivity index (χ3v) is 2.14. The molecule has 7 heteroatoms. The standard InChI is InChI=1S/C9H4ClF3O3/c10-7(14)9(13,8(15)16)4-1-2-5(11)6(12)3-4/h1-3H,(H,15,16). The molecule has 1 rings (SSSR count). The van der Waals surface area contributed by atoms with E-state index in [-0.39, 0.29) is 6.07 Å². The SMILES string of the molecule is O=C(O)C(F)(C(=O)Cl)c1ccc(F)c(F)c1. The van der Waals surface area contributed by atoms with Crippen LogP contribution in [-0.4, -0.2) is 16.3 Å². The summed E-state index contributed by atoms with van der Waals surface area (Å²) in [6.07, 6.45) is 0. The average molecular weight is 253 g/mol. The molecule has 0 bridgehead atoms. The van der Waals surface area contributed by atoms with Gasteiger partial charge in [-0.05, 0) is 23.7 Å². The van der Waals surface area contributed by atoms with Crippen molar-refractivity contribution in [2.75, 3.05) is 0 Å². The van der Waals surface area contributed by atoms with Gasteiger partial charge >= 0.3 is 11.6 Å². The summed E-state index contributed by atoms with van der Waals surface area (Å²) in [5.41, 5.74) is -4.46. The molecule has 0 spiro atoms. The first-order chi connectivity index (χ1) is 7.30. The fraction of sp³-hybridized carbons (Fsp3) is 0.111. The summed E-state index contributed by atoms with van der Waals surface area (Å²) in [6, 6.07) is 1.40. The quantitative estimate of drug-likeness (QED) is 0.661. The summed E-state index contributed by atoms with van der Waals surface area (Å²) >= 11 is 4.80. The van der Waals surface area contributed by atoms with Crippen LogP contribution >= 0.6 is 11.6 Å². The Balaban J connectivity index is 3.39. The lowest BCUT2D eigenvalue weighted by Gasteiger charge is -2.16. The van der Waals surface area contributed by atoms with E-state index in [2.05, 4.69) is 0 Å². The van der Waals surface area contributed by atoms with Gasteiger partial charge in [-0.2, -0.15) is 0 Å². The molecule has 0 heterocycles. The maximum atomic E-state index is 13.7. The fourth-order valence-corrected chi connectivity index (χ4v) is 1.22. The number of carboxylic acid groups (broad SMARTS) is 1. The van der Waals surface area contributed by atoms with Crippen molar-refractivity contribution in [2.45, 2.75) is 5.67 Å². The van der Waals surface area contributed by atoms with E-state index >= 15 is 0 Å². The molecule has 0 amide bonds. The number of benzene rings is 1. The molecule has 0 aliphatic heterocycles. The maximum absolute atomic E-state index is 13.7. The molecule has 3 nitrogen and oxygen atoms in total. The number of aliphatic carboxylic acids is 1. The molecule has 0 aromatic heterocycles. The number of carbonyl (C=O) groups excluding carboxylic acids is 1. The predicted molar refractivity (Wildman–Crippen MR) is 47.6 cm³/mol. The molecule has 1 unspecified atom stereocenters. The zero-order chi connectivity index (χ0) is 12.5. The van der Waals surface area contributed by atoms with E-state index < -0.39 is 34.1 Å². The maximum Gasteiger partial charge on any atom is 0.355 e. The summed E-state index contributed by atoms with van der Waals surface area (Å²) in [6.45, 7) is 0. The average Bonchev–Trinajstić information content (AvgIpc) is 2.20. The van der Waals surface area contributed by atoms with Gasteiger partial charge in [-0.15, -0.1) is 0 Å². The molecule has 1 aromatic carbocycles. The number of hydrogen-bond donors (Lipinski definition) is 1. The molecule has 0 saturated heterocycles. The van der Waals surface area contributed by atoms with Crippen molar-refractivity contribution in [3.63, 3.8) is 0 Å². The van der Waals surface area contributed by atoms with Crippen LogP contribution in [0.4, 0.5) is 13.2 Å². The van der Waals surface area contributed by atoms with E-state index in [0.29, 0.717) is 12.1 Å². The molecule has 86 valence electrons. The van der Waals surface area contributed by atoms with Crippen molar-refractivity contribution >= 4 is 22.8 Å². The minimum absolute atomic E-state index is 0.268. The Kier molecular flexibility index (Phi) is 3.23. The van der Waals surface area contributed by atoms with Crippen LogP contribution in [0.3, 0.4) is 0 Å². The number of alkyl halides is 1. The van der Waals surface area contributed by atoms with Crippen LogP contribution in [0.1, 0.15) is 5.56 Å². The normalized spacial score (nSPS) is 14.2. The third kappa shape index (κ3) is 1.88. The highest BCUT2D eigenvalue weighted by Crippen LogP contribution is 2.30. The van der Waals surface area contributed by atoms with Gasteiger partial charge in [0.1, 0.15) is 0 Å².